The van der Waals surface area contributed by atoms with Crippen molar-refractivity contribution in [3.8, 4) is 34.4 Å². The molecule has 0 saturated heterocycles. The van der Waals surface area contributed by atoms with Gasteiger partial charge in [-0.15, -0.1) is 10.2 Å². The third kappa shape index (κ3) is 2.47. The fourth-order valence-corrected chi connectivity index (χ4v) is 3.62. The van der Waals surface area contributed by atoms with Crippen LogP contribution in [0.2, 0.25) is 0 Å². The van der Waals surface area contributed by atoms with Crippen molar-refractivity contribution in [1.82, 2.24) is 24.3 Å². The summed E-state index contributed by atoms with van der Waals surface area (Å²) in [5.41, 5.74) is 4.80. The maximum atomic E-state index is 14.0. The van der Waals surface area contributed by atoms with Gasteiger partial charge in [0.2, 0.25) is 0 Å². The number of nitrogens with zero attached hydrogens (tertiary/aromatic N) is 6. The van der Waals surface area contributed by atoms with Crippen LogP contribution in [0.4, 0.5) is 4.39 Å². The van der Waals surface area contributed by atoms with E-state index in [9.17, 15) is 4.39 Å². The number of rotatable bonds is 1. The molecule has 0 N–H and O–H groups in total. The standard InChI is InChI=1S/C19H10BrFN6/c20-18-14(21)6-16-15(24-18)9-26-8-13(12-3-1-11(7-22)2-4-12)5-17(26)19-25-23-10-27(16)19/h1-6,8,10H,9H2. The number of halogens is 2. The van der Waals surface area contributed by atoms with Gasteiger partial charge in [0.1, 0.15) is 10.9 Å². The van der Waals surface area contributed by atoms with E-state index in [0.29, 0.717) is 29.3 Å². The van der Waals surface area contributed by atoms with Gasteiger partial charge in [0.25, 0.3) is 0 Å². The minimum atomic E-state index is -0.432. The SMILES string of the molecule is N#Cc1ccc(-c2cc3n(c2)Cc2nc(Br)c(F)cc2-n2cnnc2-3)cc1. The molecule has 8 heteroatoms. The maximum Gasteiger partial charge on any atom is 0.185 e. The predicted octanol–water partition coefficient (Wildman–Crippen LogP) is 3.93. The van der Waals surface area contributed by atoms with Gasteiger partial charge in [-0.1, -0.05) is 12.1 Å². The Morgan fingerprint density at radius 1 is 1.15 bits per heavy atom. The Balaban J connectivity index is 1.69. The van der Waals surface area contributed by atoms with Crippen LogP contribution in [0.15, 0.2) is 53.5 Å². The van der Waals surface area contributed by atoms with Crippen molar-refractivity contribution in [1.29, 1.82) is 5.26 Å². The molecule has 0 spiro atoms. The van der Waals surface area contributed by atoms with Gasteiger partial charge in [0.05, 0.1) is 35.3 Å². The lowest BCUT2D eigenvalue weighted by atomic mass is 10.1. The Bertz CT molecular complexity index is 1230. The lowest BCUT2D eigenvalue weighted by Crippen LogP contribution is -2.04. The monoisotopic (exact) mass is 420 g/mol. The minimum absolute atomic E-state index is 0.179. The summed E-state index contributed by atoms with van der Waals surface area (Å²) in [5.74, 6) is 0.190. The molecular formula is C19H10BrFN6. The third-order valence-corrected chi connectivity index (χ3v) is 5.15. The Morgan fingerprint density at radius 2 is 1.96 bits per heavy atom. The smallest absolute Gasteiger partial charge is 0.185 e. The van der Waals surface area contributed by atoms with E-state index in [1.165, 1.54) is 6.07 Å². The molecule has 4 heterocycles. The fourth-order valence-electron chi connectivity index (χ4n) is 3.29. The number of aromatic nitrogens is 5. The molecule has 0 radical (unpaired) electrons. The van der Waals surface area contributed by atoms with Crippen LogP contribution in [0.3, 0.4) is 0 Å². The second-order valence-corrected chi connectivity index (χ2v) is 6.93. The molecule has 1 aliphatic rings. The van der Waals surface area contributed by atoms with Crippen LogP contribution in [0, 0.1) is 17.1 Å². The summed E-state index contributed by atoms with van der Waals surface area (Å²) in [5, 5.41) is 17.2. The molecule has 5 rings (SSSR count). The highest BCUT2D eigenvalue weighted by molar-refractivity contribution is 9.10. The average molecular weight is 421 g/mol. The van der Waals surface area contributed by atoms with Gasteiger partial charge in [-0.05, 0) is 39.7 Å². The number of pyridine rings is 1. The summed E-state index contributed by atoms with van der Waals surface area (Å²) in [6, 6.07) is 13.0. The highest BCUT2D eigenvalue weighted by Gasteiger charge is 2.24. The topological polar surface area (TPSA) is 72.3 Å². The molecule has 27 heavy (non-hydrogen) atoms. The molecule has 0 amide bonds. The molecular weight excluding hydrogens is 411 g/mol. The van der Waals surface area contributed by atoms with Crippen molar-refractivity contribution in [2.24, 2.45) is 0 Å². The Kier molecular flexibility index (Phi) is 3.45. The van der Waals surface area contributed by atoms with Crippen molar-refractivity contribution < 1.29 is 4.39 Å². The van der Waals surface area contributed by atoms with Gasteiger partial charge in [0.15, 0.2) is 11.6 Å². The largest absolute Gasteiger partial charge is 0.338 e. The van der Waals surface area contributed by atoms with E-state index in [1.807, 2.05) is 29.0 Å². The van der Waals surface area contributed by atoms with Crippen LogP contribution in [0.1, 0.15) is 11.3 Å². The van der Waals surface area contributed by atoms with Gasteiger partial charge >= 0.3 is 0 Å². The van der Waals surface area contributed by atoms with Crippen molar-refractivity contribution in [2.75, 3.05) is 0 Å². The molecule has 4 aromatic rings. The lowest BCUT2D eigenvalue weighted by molar-refractivity contribution is 0.607. The second-order valence-electron chi connectivity index (χ2n) is 6.18. The van der Waals surface area contributed by atoms with Crippen LogP contribution >= 0.6 is 15.9 Å². The lowest BCUT2D eigenvalue weighted by Gasteiger charge is -2.08. The highest BCUT2D eigenvalue weighted by Crippen LogP contribution is 2.34. The first-order chi connectivity index (χ1) is 13.1. The third-order valence-electron chi connectivity index (χ3n) is 4.59. The van der Waals surface area contributed by atoms with Crippen LogP contribution < -0.4 is 0 Å². The number of hydrogen-bond donors (Lipinski definition) is 0. The summed E-state index contributed by atoms with van der Waals surface area (Å²) < 4.78 is 18.0. The van der Waals surface area contributed by atoms with Crippen LogP contribution in [-0.4, -0.2) is 24.3 Å². The first-order valence-electron chi connectivity index (χ1n) is 8.10. The molecule has 3 aromatic heterocycles. The zero-order valence-corrected chi connectivity index (χ0v) is 15.4. The van der Waals surface area contributed by atoms with Gasteiger partial charge in [0, 0.05) is 17.8 Å². The van der Waals surface area contributed by atoms with Crippen LogP contribution in [0.25, 0.3) is 28.3 Å². The van der Waals surface area contributed by atoms with Crippen LogP contribution in [0.5, 0.6) is 0 Å². The molecule has 1 aliphatic heterocycles. The molecule has 0 unspecified atom stereocenters. The summed E-state index contributed by atoms with van der Waals surface area (Å²) in [6.07, 6.45) is 3.57. The number of hydrogen-bond acceptors (Lipinski definition) is 4. The summed E-state index contributed by atoms with van der Waals surface area (Å²) in [4.78, 5) is 4.36. The number of nitriles is 1. The Hall–Kier alpha value is -3.31. The van der Waals surface area contributed by atoms with E-state index in [4.69, 9.17) is 5.26 Å². The van der Waals surface area contributed by atoms with E-state index >= 15 is 0 Å². The molecule has 130 valence electrons. The molecule has 0 fully saturated rings. The van der Waals surface area contributed by atoms with E-state index in [0.717, 1.165) is 16.8 Å². The average Bonchev–Trinajstić information content (AvgIpc) is 3.29. The number of benzene rings is 1. The highest BCUT2D eigenvalue weighted by atomic mass is 79.9. The quantitative estimate of drug-likeness (QED) is 0.385. The second kappa shape index (κ2) is 5.86. The van der Waals surface area contributed by atoms with E-state index in [2.05, 4.69) is 37.2 Å². The summed E-state index contributed by atoms with van der Waals surface area (Å²) >= 11 is 3.16. The molecule has 0 aliphatic carbocycles. The van der Waals surface area contributed by atoms with Crippen molar-refractivity contribution in [2.45, 2.75) is 6.54 Å². The zero-order valence-electron chi connectivity index (χ0n) is 13.8. The first-order valence-corrected chi connectivity index (χ1v) is 8.90. The maximum absolute atomic E-state index is 14.0. The fraction of sp³-hybridized carbons (Fsp3) is 0.0526. The van der Waals surface area contributed by atoms with Crippen molar-refractivity contribution in [3.63, 3.8) is 0 Å². The van der Waals surface area contributed by atoms with Gasteiger partial charge < -0.3 is 4.57 Å². The Morgan fingerprint density at radius 3 is 2.74 bits per heavy atom. The van der Waals surface area contributed by atoms with Crippen LogP contribution in [-0.2, 0) is 6.54 Å². The number of fused-ring (bicyclic) bond motifs is 5. The minimum Gasteiger partial charge on any atom is -0.338 e. The molecule has 0 bridgehead atoms. The first kappa shape index (κ1) is 15.9. The predicted molar refractivity (Wildman–Crippen MR) is 99.5 cm³/mol. The zero-order chi connectivity index (χ0) is 18.5. The van der Waals surface area contributed by atoms with Crippen molar-refractivity contribution >= 4 is 15.9 Å². The van der Waals surface area contributed by atoms with Gasteiger partial charge in [-0.3, -0.25) is 4.57 Å². The normalized spacial score (nSPS) is 11.9. The molecule has 6 nitrogen and oxygen atoms in total. The van der Waals surface area contributed by atoms with Gasteiger partial charge in [-0.2, -0.15) is 5.26 Å². The summed E-state index contributed by atoms with van der Waals surface area (Å²) in [7, 11) is 0. The van der Waals surface area contributed by atoms with E-state index < -0.39 is 5.82 Å². The van der Waals surface area contributed by atoms with Crippen molar-refractivity contribution in [3.05, 3.63) is 70.6 Å². The van der Waals surface area contributed by atoms with Gasteiger partial charge in [-0.25, -0.2) is 9.37 Å². The molecule has 0 atom stereocenters. The summed E-state index contributed by atoms with van der Waals surface area (Å²) in [6.45, 7) is 0.475. The van der Waals surface area contributed by atoms with E-state index in [1.54, 1.807) is 23.0 Å². The van der Waals surface area contributed by atoms with E-state index in [-0.39, 0.29) is 4.60 Å². The molecule has 0 saturated carbocycles. The molecule has 1 aromatic carbocycles. The Labute approximate surface area is 161 Å².